The quantitative estimate of drug-likeness (QED) is 0.873. The predicted molar refractivity (Wildman–Crippen MR) is 70.7 cm³/mol. The molecule has 0 aromatic carbocycles. The third-order valence-electron chi connectivity index (χ3n) is 3.87. The van der Waals surface area contributed by atoms with Crippen LogP contribution in [0.15, 0.2) is 0 Å². The summed E-state index contributed by atoms with van der Waals surface area (Å²) >= 11 is 1.56. The monoisotopic (exact) mass is 252 g/mol. The minimum absolute atomic E-state index is 0.638. The average molecular weight is 252 g/mol. The lowest BCUT2D eigenvalue weighted by Crippen LogP contribution is -2.50. The van der Waals surface area contributed by atoms with E-state index in [-0.39, 0.29) is 0 Å². The number of hydrogen-bond donors (Lipinski definition) is 1. The molecule has 1 aromatic rings. The molecule has 2 atom stereocenters. The molecule has 2 saturated heterocycles. The van der Waals surface area contributed by atoms with Gasteiger partial charge in [-0.2, -0.15) is 4.37 Å². The third-order valence-corrected chi connectivity index (χ3v) is 4.72. The van der Waals surface area contributed by atoms with Crippen LogP contribution in [-0.4, -0.2) is 34.5 Å². The van der Waals surface area contributed by atoms with Crippen LogP contribution >= 0.6 is 11.5 Å². The summed E-state index contributed by atoms with van der Waals surface area (Å²) in [6.45, 7) is 4.31. The molecule has 0 radical (unpaired) electrons. The standard InChI is InChI=1S/C12H20N4S/c1-9-14-12(17-15-9)16-8-3-2-6-11(16)10-5-4-7-13-10/h10-11,13H,2-8H2,1H3. The molecule has 0 saturated carbocycles. The van der Waals surface area contributed by atoms with Gasteiger partial charge in [0, 0.05) is 30.2 Å². The largest absolute Gasteiger partial charge is 0.342 e. The fourth-order valence-electron chi connectivity index (χ4n) is 3.06. The zero-order valence-corrected chi connectivity index (χ0v) is 11.2. The van der Waals surface area contributed by atoms with Gasteiger partial charge in [-0.05, 0) is 45.6 Å². The molecular formula is C12H20N4S. The normalized spacial score (nSPS) is 29.8. The summed E-state index contributed by atoms with van der Waals surface area (Å²) in [7, 11) is 0. The molecule has 2 aliphatic heterocycles. The summed E-state index contributed by atoms with van der Waals surface area (Å²) in [5.41, 5.74) is 0. The van der Waals surface area contributed by atoms with Gasteiger partial charge in [0.2, 0.25) is 5.13 Å². The van der Waals surface area contributed by atoms with Crippen LogP contribution in [-0.2, 0) is 0 Å². The zero-order chi connectivity index (χ0) is 11.7. The highest BCUT2D eigenvalue weighted by Gasteiger charge is 2.32. The Balaban J connectivity index is 1.79. The van der Waals surface area contributed by atoms with Gasteiger partial charge >= 0.3 is 0 Å². The molecular weight excluding hydrogens is 232 g/mol. The van der Waals surface area contributed by atoms with E-state index in [0.717, 1.165) is 17.5 Å². The molecule has 0 bridgehead atoms. The number of rotatable bonds is 2. The first-order chi connectivity index (χ1) is 8.34. The molecule has 3 heterocycles. The van der Waals surface area contributed by atoms with Crippen molar-refractivity contribution in [3.8, 4) is 0 Å². The maximum absolute atomic E-state index is 4.56. The van der Waals surface area contributed by atoms with Gasteiger partial charge in [0.05, 0.1) is 0 Å². The molecule has 1 N–H and O–H groups in total. The van der Waals surface area contributed by atoms with Gasteiger partial charge in [-0.15, -0.1) is 0 Å². The van der Waals surface area contributed by atoms with Crippen LogP contribution in [0.25, 0.3) is 0 Å². The molecule has 1 aromatic heterocycles. The average Bonchev–Trinajstić information content (AvgIpc) is 3.00. The summed E-state index contributed by atoms with van der Waals surface area (Å²) < 4.78 is 4.32. The highest BCUT2D eigenvalue weighted by Crippen LogP contribution is 2.30. The van der Waals surface area contributed by atoms with Crippen LogP contribution < -0.4 is 10.2 Å². The van der Waals surface area contributed by atoms with Crippen LogP contribution in [0.5, 0.6) is 0 Å². The van der Waals surface area contributed by atoms with Crippen molar-refractivity contribution >= 4 is 16.7 Å². The lowest BCUT2D eigenvalue weighted by atomic mass is 9.95. The van der Waals surface area contributed by atoms with E-state index in [1.165, 1.54) is 38.6 Å². The number of nitrogens with one attached hydrogen (secondary N) is 1. The molecule has 17 heavy (non-hydrogen) atoms. The second kappa shape index (κ2) is 4.90. The highest BCUT2D eigenvalue weighted by molar-refractivity contribution is 7.09. The van der Waals surface area contributed by atoms with Crippen molar-refractivity contribution in [1.82, 2.24) is 14.7 Å². The Morgan fingerprint density at radius 1 is 1.29 bits per heavy atom. The SMILES string of the molecule is Cc1nsc(N2CCCCC2C2CCCN2)n1. The fourth-order valence-corrected chi connectivity index (χ4v) is 3.81. The highest BCUT2D eigenvalue weighted by atomic mass is 32.1. The van der Waals surface area contributed by atoms with Gasteiger partial charge in [-0.1, -0.05) is 0 Å². The Hall–Kier alpha value is -0.680. The number of piperidine rings is 1. The van der Waals surface area contributed by atoms with Gasteiger partial charge in [0.15, 0.2) is 0 Å². The second-order valence-electron chi connectivity index (χ2n) is 5.08. The first kappa shape index (κ1) is 11.4. The smallest absolute Gasteiger partial charge is 0.205 e. The van der Waals surface area contributed by atoms with E-state index in [4.69, 9.17) is 0 Å². The van der Waals surface area contributed by atoms with E-state index in [9.17, 15) is 0 Å². The molecule has 0 amide bonds. The second-order valence-corrected chi connectivity index (χ2v) is 5.81. The Morgan fingerprint density at radius 3 is 2.94 bits per heavy atom. The first-order valence-corrected chi connectivity index (χ1v) is 7.42. The van der Waals surface area contributed by atoms with Crippen molar-refractivity contribution in [2.24, 2.45) is 0 Å². The van der Waals surface area contributed by atoms with E-state index >= 15 is 0 Å². The van der Waals surface area contributed by atoms with Crippen molar-refractivity contribution in [2.75, 3.05) is 18.0 Å². The Kier molecular flexibility index (Phi) is 3.29. The number of aromatic nitrogens is 2. The van der Waals surface area contributed by atoms with E-state index in [2.05, 4.69) is 19.6 Å². The number of aryl methyl sites for hydroxylation is 1. The number of hydrogen-bond acceptors (Lipinski definition) is 5. The van der Waals surface area contributed by atoms with E-state index in [1.54, 1.807) is 11.5 Å². The minimum Gasteiger partial charge on any atom is -0.342 e. The van der Waals surface area contributed by atoms with Crippen LogP contribution in [0.4, 0.5) is 5.13 Å². The predicted octanol–water partition coefficient (Wildman–Crippen LogP) is 1.96. The zero-order valence-electron chi connectivity index (χ0n) is 10.4. The van der Waals surface area contributed by atoms with Crippen molar-refractivity contribution in [2.45, 2.75) is 51.1 Å². The topological polar surface area (TPSA) is 41.1 Å². The van der Waals surface area contributed by atoms with Crippen LogP contribution in [0.1, 0.15) is 37.9 Å². The lowest BCUT2D eigenvalue weighted by molar-refractivity contribution is 0.378. The van der Waals surface area contributed by atoms with Crippen molar-refractivity contribution < 1.29 is 0 Å². The molecule has 94 valence electrons. The van der Waals surface area contributed by atoms with Gasteiger partial charge in [-0.25, -0.2) is 4.98 Å². The van der Waals surface area contributed by atoms with Gasteiger partial charge in [-0.3, -0.25) is 0 Å². The summed E-state index contributed by atoms with van der Waals surface area (Å²) in [5, 5.41) is 4.77. The number of nitrogens with zero attached hydrogens (tertiary/aromatic N) is 3. The minimum atomic E-state index is 0.638. The maximum atomic E-state index is 4.56. The van der Waals surface area contributed by atoms with Crippen molar-refractivity contribution in [3.05, 3.63) is 5.82 Å². The summed E-state index contributed by atoms with van der Waals surface area (Å²) in [4.78, 5) is 7.06. The third kappa shape index (κ3) is 2.31. The van der Waals surface area contributed by atoms with E-state index in [0.29, 0.717) is 12.1 Å². The van der Waals surface area contributed by atoms with Gasteiger partial charge < -0.3 is 10.2 Å². The van der Waals surface area contributed by atoms with Crippen LogP contribution in [0.2, 0.25) is 0 Å². The molecule has 3 rings (SSSR count). The van der Waals surface area contributed by atoms with E-state index < -0.39 is 0 Å². The molecule has 2 aliphatic rings. The summed E-state index contributed by atoms with van der Waals surface area (Å²) in [6.07, 6.45) is 6.60. The number of anilines is 1. The van der Waals surface area contributed by atoms with Crippen LogP contribution in [0.3, 0.4) is 0 Å². The Labute approximate surface area is 107 Å². The van der Waals surface area contributed by atoms with Gasteiger partial charge in [0.1, 0.15) is 5.82 Å². The molecule has 2 fully saturated rings. The summed E-state index contributed by atoms with van der Waals surface area (Å²) in [5.74, 6) is 0.911. The lowest BCUT2D eigenvalue weighted by Gasteiger charge is -2.38. The maximum Gasteiger partial charge on any atom is 0.205 e. The molecule has 4 nitrogen and oxygen atoms in total. The van der Waals surface area contributed by atoms with E-state index in [1.807, 2.05) is 6.92 Å². The molecule has 0 spiro atoms. The van der Waals surface area contributed by atoms with Crippen LogP contribution in [0, 0.1) is 6.92 Å². The Morgan fingerprint density at radius 2 is 2.24 bits per heavy atom. The summed E-state index contributed by atoms with van der Waals surface area (Å²) in [6, 6.07) is 1.30. The van der Waals surface area contributed by atoms with Gasteiger partial charge in [0.25, 0.3) is 0 Å². The fraction of sp³-hybridized carbons (Fsp3) is 0.833. The van der Waals surface area contributed by atoms with Crippen molar-refractivity contribution in [1.29, 1.82) is 0 Å². The molecule has 0 aliphatic carbocycles. The first-order valence-electron chi connectivity index (χ1n) is 6.65. The molecule has 5 heteroatoms. The molecule has 2 unspecified atom stereocenters. The Bertz CT molecular complexity index is 372. The van der Waals surface area contributed by atoms with Crippen molar-refractivity contribution in [3.63, 3.8) is 0 Å².